The fourth-order valence-electron chi connectivity index (χ4n) is 1.57. The molecule has 1 atom stereocenters. The molecule has 2 rings (SSSR count). The van der Waals surface area contributed by atoms with Crippen LogP contribution in [0.25, 0.3) is 0 Å². The average molecular weight is 279 g/mol. The van der Waals surface area contributed by atoms with E-state index in [0.717, 1.165) is 5.33 Å². The van der Waals surface area contributed by atoms with Crippen molar-refractivity contribution in [2.45, 2.75) is 6.42 Å². The minimum absolute atomic E-state index is 0.109. The van der Waals surface area contributed by atoms with Crippen LogP contribution < -0.4 is 4.90 Å². The molecule has 0 aliphatic carbocycles. The zero-order valence-corrected chi connectivity index (χ0v) is 9.68. The van der Waals surface area contributed by atoms with E-state index in [-0.39, 0.29) is 5.91 Å². The molecule has 1 aromatic heterocycles. The van der Waals surface area contributed by atoms with Gasteiger partial charge in [0, 0.05) is 18.3 Å². The van der Waals surface area contributed by atoms with E-state index in [9.17, 15) is 4.79 Å². The van der Waals surface area contributed by atoms with Crippen molar-refractivity contribution in [3.63, 3.8) is 0 Å². The van der Waals surface area contributed by atoms with Crippen LogP contribution in [-0.4, -0.2) is 28.0 Å². The number of hydrogen-bond acceptors (Lipinski definition) is 2. The molecule has 1 amide bonds. The van der Waals surface area contributed by atoms with E-state index < -0.39 is 0 Å². The number of alkyl halides is 1. The summed E-state index contributed by atoms with van der Waals surface area (Å²) in [6, 6.07) is 0. The number of hydrogen-bond donors (Lipinski definition) is 1. The summed E-state index contributed by atoms with van der Waals surface area (Å²) in [5.41, 5.74) is 0.681. The van der Waals surface area contributed by atoms with Gasteiger partial charge in [0.15, 0.2) is 0 Å². The smallest absolute Gasteiger partial charge is 0.227 e. The zero-order chi connectivity index (χ0) is 10.1. The van der Waals surface area contributed by atoms with Crippen LogP contribution in [0.15, 0.2) is 6.20 Å². The number of aromatic amines is 1. The van der Waals surface area contributed by atoms with Gasteiger partial charge < -0.3 is 4.90 Å². The van der Waals surface area contributed by atoms with Crippen LogP contribution in [0.4, 0.5) is 5.69 Å². The molecule has 4 nitrogen and oxygen atoms in total. The van der Waals surface area contributed by atoms with Crippen molar-refractivity contribution in [3.8, 4) is 0 Å². The highest BCUT2D eigenvalue weighted by Gasteiger charge is 2.31. The Bertz CT molecular complexity index is 354. The second-order valence-electron chi connectivity index (χ2n) is 3.30. The topological polar surface area (TPSA) is 49.0 Å². The lowest BCUT2D eigenvalue weighted by Gasteiger charge is -2.13. The summed E-state index contributed by atoms with van der Waals surface area (Å²) in [4.78, 5) is 13.3. The molecule has 0 radical (unpaired) electrons. The van der Waals surface area contributed by atoms with Crippen LogP contribution in [0.5, 0.6) is 0 Å². The van der Waals surface area contributed by atoms with Crippen molar-refractivity contribution in [2.24, 2.45) is 5.92 Å². The number of amides is 1. The van der Waals surface area contributed by atoms with Gasteiger partial charge >= 0.3 is 0 Å². The summed E-state index contributed by atoms with van der Waals surface area (Å²) in [5.74, 6) is 0.478. The fraction of sp³-hybridized carbons (Fsp3) is 0.500. The Hall–Kier alpha value is -0.550. The molecule has 76 valence electrons. The highest BCUT2D eigenvalue weighted by molar-refractivity contribution is 9.09. The van der Waals surface area contributed by atoms with Gasteiger partial charge in [0.2, 0.25) is 5.91 Å². The molecule has 1 aliphatic rings. The molecule has 1 fully saturated rings. The SMILES string of the molecule is O=C1CC(CBr)CN1c1cn[nH]c1Cl. The molecule has 6 heteroatoms. The van der Waals surface area contributed by atoms with Gasteiger partial charge in [-0.3, -0.25) is 9.89 Å². The Morgan fingerprint density at radius 2 is 2.57 bits per heavy atom. The van der Waals surface area contributed by atoms with Crippen LogP contribution in [-0.2, 0) is 4.79 Å². The van der Waals surface area contributed by atoms with Gasteiger partial charge in [-0.05, 0) is 5.92 Å². The molecule has 1 saturated heterocycles. The maximum atomic E-state index is 11.6. The predicted molar refractivity (Wildman–Crippen MR) is 57.9 cm³/mol. The number of carbonyl (C=O) groups excluding carboxylic acids is 1. The van der Waals surface area contributed by atoms with E-state index in [4.69, 9.17) is 11.6 Å². The summed E-state index contributed by atoms with van der Waals surface area (Å²) in [6.45, 7) is 0.712. The molecule has 1 unspecified atom stereocenters. The van der Waals surface area contributed by atoms with Gasteiger partial charge in [0.25, 0.3) is 0 Å². The number of carbonyl (C=O) groups is 1. The van der Waals surface area contributed by atoms with Crippen LogP contribution in [0.3, 0.4) is 0 Å². The number of aromatic nitrogens is 2. The van der Waals surface area contributed by atoms with Crippen LogP contribution in [0, 0.1) is 5.92 Å². The highest BCUT2D eigenvalue weighted by Crippen LogP contribution is 2.29. The number of nitrogens with zero attached hydrogens (tertiary/aromatic N) is 2. The lowest BCUT2D eigenvalue weighted by Crippen LogP contribution is -2.24. The van der Waals surface area contributed by atoms with E-state index in [2.05, 4.69) is 26.1 Å². The van der Waals surface area contributed by atoms with Gasteiger partial charge in [-0.25, -0.2) is 0 Å². The third-order valence-electron chi connectivity index (χ3n) is 2.29. The van der Waals surface area contributed by atoms with Gasteiger partial charge in [0.1, 0.15) is 10.8 Å². The Balaban J connectivity index is 2.20. The van der Waals surface area contributed by atoms with E-state index >= 15 is 0 Å². The molecule has 1 N–H and O–H groups in total. The Morgan fingerprint density at radius 1 is 1.79 bits per heavy atom. The predicted octanol–water partition coefficient (Wildman–Crippen LogP) is 1.81. The molecule has 0 aromatic carbocycles. The van der Waals surface area contributed by atoms with Crippen molar-refractivity contribution in [1.29, 1.82) is 0 Å². The first-order valence-electron chi connectivity index (χ1n) is 4.27. The normalized spacial score (nSPS) is 22.0. The third-order valence-corrected chi connectivity index (χ3v) is 3.48. The van der Waals surface area contributed by atoms with Crippen molar-refractivity contribution in [3.05, 3.63) is 11.3 Å². The Morgan fingerprint density at radius 3 is 3.07 bits per heavy atom. The first-order chi connectivity index (χ1) is 6.72. The lowest BCUT2D eigenvalue weighted by atomic mass is 10.2. The van der Waals surface area contributed by atoms with Crippen molar-refractivity contribution >= 4 is 39.1 Å². The third kappa shape index (κ3) is 1.66. The van der Waals surface area contributed by atoms with E-state index in [1.165, 1.54) is 0 Å². The number of nitrogens with one attached hydrogen (secondary N) is 1. The summed E-state index contributed by atoms with van der Waals surface area (Å²) >= 11 is 9.23. The molecule has 0 bridgehead atoms. The Labute approximate surface area is 94.7 Å². The minimum atomic E-state index is 0.109. The van der Waals surface area contributed by atoms with E-state index in [1.807, 2.05) is 0 Å². The first-order valence-corrected chi connectivity index (χ1v) is 5.77. The van der Waals surface area contributed by atoms with Crippen molar-refractivity contribution in [2.75, 3.05) is 16.8 Å². The fourth-order valence-corrected chi connectivity index (χ4v) is 2.20. The van der Waals surface area contributed by atoms with Crippen LogP contribution in [0.1, 0.15) is 6.42 Å². The minimum Gasteiger partial charge on any atom is -0.308 e. The molecule has 1 aromatic rings. The van der Waals surface area contributed by atoms with Gasteiger partial charge in [0.05, 0.1) is 6.20 Å². The van der Waals surface area contributed by atoms with Crippen LogP contribution >= 0.6 is 27.5 Å². The molecule has 14 heavy (non-hydrogen) atoms. The average Bonchev–Trinajstić information content (AvgIpc) is 2.72. The second-order valence-corrected chi connectivity index (χ2v) is 4.32. The van der Waals surface area contributed by atoms with Crippen LogP contribution in [0.2, 0.25) is 5.15 Å². The zero-order valence-electron chi connectivity index (χ0n) is 7.33. The quantitative estimate of drug-likeness (QED) is 0.839. The molecule has 0 spiro atoms. The highest BCUT2D eigenvalue weighted by atomic mass is 79.9. The molecule has 0 saturated carbocycles. The largest absolute Gasteiger partial charge is 0.308 e. The monoisotopic (exact) mass is 277 g/mol. The summed E-state index contributed by atoms with van der Waals surface area (Å²) in [6.07, 6.45) is 2.16. The van der Waals surface area contributed by atoms with Gasteiger partial charge in [-0.15, -0.1) is 0 Å². The summed E-state index contributed by atoms with van der Waals surface area (Å²) < 4.78 is 0. The first kappa shape index (κ1) is 9.98. The second kappa shape index (κ2) is 3.90. The van der Waals surface area contributed by atoms with Gasteiger partial charge in [-0.2, -0.15) is 5.10 Å². The molecule has 2 heterocycles. The summed E-state index contributed by atoms with van der Waals surface area (Å²) in [5, 5.41) is 7.66. The van der Waals surface area contributed by atoms with Crippen molar-refractivity contribution in [1.82, 2.24) is 10.2 Å². The number of halogens is 2. The maximum absolute atomic E-state index is 11.6. The van der Waals surface area contributed by atoms with Gasteiger partial charge in [-0.1, -0.05) is 27.5 Å². The number of anilines is 1. The molecular weight excluding hydrogens is 269 g/mol. The Kier molecular flexibility index (Phi) is 2.78. The number of rotatable bonds is 2. The maximum Gasteiger partial charge on any atom is 0.227 e. The molecule has 1 aliphatic heterocycles. The van der Waals surface area contributed by atoms with E-state index in [1.54, 1.807) is 11.1 Å². The summed E-state index contributed by atoms with van der Waals surface area (Å²) in [7, 11) is 0. The standard InChI is InChI=1S/C8H9BrClN3O/c9-2-5-1-7(14)13(4-5)6-3-11-12-8(6)10/h3,5H,1-2,4H2,(H,11,12). The lowest BCUT2D eigenvalue weighted by molar-refractivity contribution is -0.117. The van der Waals surface area contributed by atoms with Crippen molar-refractivity contribution < 1.29 is 4.79 Å². The number of H-pyrrole nitrogens is 1. The van der Waals surface area contributed by atoms with E-state index in [0.29, 0.717) is 29.7 Å². The molecular formula is C8H9BrClN3O.